The molecular formula is C13H17ClN4O2. The van der Waals surface area contributed by atoms with Crippen LogP contribution in [-0.2, 0) is 0 Å². The molecule has 1 rings (SSSR count). The largest absolute Gasteiger partial charge is 0.465 e. The van der Waals surface area contributed by atoms with Crippen LogP contribution in [0.1, 0.15) is 32.8 Å². The summed E-state index contributed by atoms with van der Waals surface area (Å²) in [6, 6.07) is 1.52. The van der Waals surface area contributed by atoms with E-state index in [1.807, 2.05) is 20.8 Å². The Morgan fingerprint density at radius 1 is 1.50 bits per heavy atom. The van der Waals surface area contributed by atoms with E-state index in [-0.39, 0.29) is 11.0 Å². The molecule has 0 saturated carbocycles. The van der Waals surface area contributed by atoms with Crippen LogP contribution in [0.25, 0.3) is 0 Å². The molecule has 1 amide bonds. The maximum atomic E-state index is 11.1. The van der Waals surface area contributed by atoms with E-state index in [4.69, 9.17) is 22.4 Å². The van der Waals surface area contributed by atoms with Crippen molar-refractivity contribution in [2.45, 2.75) is 32.7 Å². The highest BCUT2D eigenvalue weighted by Crippen LogP contribution is 2.14. The van der Waals surface area contributed by atoms with Crippen LogP contribution in [0, 0.1) is 11.8 Å². The zero-order chi connectivity index (χ0) is 15.3. The van der Waals surface area contributed by atoms with Crippen LogP contribution in [0.5, 0.6) is 0 Å². The number of nitrogens with two attached hydrogens (primary N) is 1. The monoisotopic (exact) mass is 296 g/mol. The van der Waals surface area contributed by atoms with Gasteiger partial charge in [-0.15, -0.1) is 10.2 Å². The Morgan fingerprint density at radius 3 is 2.70 bits per heavy atom. The van der Waals surface area contributed by atoms with Crippen LogP contribution >= 0.6 is 11.6 Å². The number of rotatable bonds is 2. The lowest BCUT2D eigenvalue weighted by Gasteiger charge is -2.32. The molecule has 1 heterocycles. The number of aromatic nitrogens is 2. The fourth-order valence-corrected chi connectivity index (χ4v) is 1.67. The molecule has 108 valence electrons. The van der Waals surface area contributed by atoms with Crippen LogP contribution in [-0.4, -0.2) is 38.4 Å². The Hall–Kier alpha value is -2.00. The molecule has 0 unspecified atom stereocenters. The Bertz CT molecular complexity index is 558. The Labute approximate surface area is 122 Å². The second-order valence-corrected chi connectivity index (χ2v) is 5.51. The summed E-state index contributed by atoms with van der Waals surface area (Å²) in [7, 11) is 0. The number of halogens is 1. The van der Waals surface area contributed by atoms with Gasteiger partial charge in [0.05, 0.1) is 5.56 Å². The highest BCUT2D eigenvalue weighted by atomic mass is 35.5. The van der Waals surface area contributed by atoms with E-state index in [2.05, 4.69) is 22.0 Å². The molecule has 7 heteroatoms. The second-order valence-electron chi connectivity index (χ2n) is 5.12. The number of carbonyl (C=O) groups is 1. The minimum absolute atomic E-state index is 0.202. The summed E-state index contributed by atoms with van der Waals surface area (Å²) < 4.78 is 0. The van der Waals surface area contributed by atoms with Gasteiger partial charge in [0.1, 0.15) is 0 Å². The van der Waals surface area contributed by atoms with Crippen LogP contribution in [0.15, 0.2) is 6.07 Å². The molecule has 0 radical (unpaired) electrons. The molecule has 0 aliphatic carbocycles. The van der Waals surface area contributed by atoms with Gasteiger partial charge in [0.2, 0.25) is 0 Å². The third-order valence-electron chi connectivity index (χ3n) is 2.52. The molecule has 0 aromatic carbocycles. The van der Waals surface area contributed by atoms with E-state index < -0.39 is 11.6 Å². The normalized spacial score (nSPS) is 10.6. The van der Waals surface area contributed by atoms with Gasteiger partial charge in [0.25, 0.3) is 0 Å². The van der Waals surface area contributed by atoms with Gasteiger partial charge in [-0.2, -0.15) is 0 Å². The molecule has 0 atom stereocenters. The topological polar surface area (TPSA) is 92.3 Å². The lowest BCUT2D eigenvalue weighted by Crippen LogP contribution is -2.45. The van der Waals surface area contributed by atoms with Crippen molar-refractivity contribution in [3.63, 3.8) is 0 Å². The van der Waals surface area contributed by atoms with Crippen LogP contribution in [0.4, 0.5) is 10.6 Å². The van der Waals surface area contributed by atoms with E-state index >= 15 is 0 Å². The first kappa shape index (κ1) is 16.1. The summed E-state index contributed by atoms with van der Waals surface area (Å²) in [5, 5.41) is 16.6. The molecule has 3 N–H and O–H groups in total. The Kier molecular flexibility index (Phi) is 5.17. The summed E-state index contributed by atoms with van der Waals surface area (Å²) in [4.78, 5) is 12.5. The Balaban J connectivity index is 2.71. The molecule has 0 aliphatic rings. The zero-order valence-electron chi connectivity index (χ0n) is 11.6. The highest BCUT2D eigenvalue weighted by molar-refractivity contribution is 6.29. The first-order valence-corrected chi connectivity index (χ1v) is 6.37. The van der Waals surface area contributed by atoms with E-state index in [0.717, 1.165) is 0 Å². The molecule has 6 nitrogen and oxygen atoms in total. The van der Waals surface area contributed by atoms with Gasteiger partial charge in [-0.05, 0) is 26.8 Å². The number of nitrogens with zero attached hydrogens (tertiary/aromatic N) is 3. The van der Waals surface area contributed by atoms with Crippen molar-refractivity contribution in [1.82, 2.24) is 15.1 Å². The van der Waals surface area contributed by atoms with Crippen molar-refractivity contribution >= 4 is 23.5 Å². The van der Waals surface area contributed by atoms with E-state index in [0.29, 0.717) is 18.5 Å². The van der Waals surface area contributed by atoms with Gasteiger partial charge in [-0.25, -0.2) is 4.79 Å². The number of hydrogen-bond acceptors (Lipinski definition) is 4. The molecule has 0 saturated heterocycles. The summed E-state index contributed by atoms with van der Waals surface area (Å²) >= 11 is 5.70. The van der Waals surface area contributed by atoms with Crippen LogP contribution in [0.3, 0.4) is 0 Å². The van der Waals surface area contributed by atoms with E-state index in [9.17, 15) is 4.79 Å². The summed E-state index contributed by atoms with van der Waals surface area (Å²) in [5.41, 5.74) is 5.63. The number of amides is 1. The van der Waals surface area contributed by atoms with Crippen molar-refractivity contribution in [2.75, 3.05) is 12.3 Å². The van der Waals surface area contributed by atoms with Gasteiger partial charge in [-0.1, -0.05) is 23.4 Å². The third kappa shape index (κ3) is 4.59. The minimum Gasteiger partial charge on any atom is -0.465 e. The van der Waals surface area contributed by atoms with Crippen molar-refractivity contribution < 1.29 is 9.90 Å². The molecule has 0 spiro atoms. The number of anilines is 1. The molecular weight excluding hydrogens is 280 g/mol. The summed E-state index contributed by atoms with van der Waals surface area (Å²) in [6.07, 6.45) is -0.574. The van der Waals surface area contributed by atoms with Crippen LogP contribution < -0.4 is 5.73 Å². The molecule has 20 heavy (non-hydrogen) atoms. The second kappa shape index (κ2) is 6.44. The van der Waals surface area contributed by atoms with Crippen LogP contribution in [0.2, 0.25) is 5.15 Å². The van der Waals surface area contributed by atoms with E-state index in [1.165, 1.54) is 11.0 Å². The molecule has 0 fully saturated rings. The maximum Gasteiger partial charge on any atom is 0.407 e. The lowest BCUT2D eigenvalue weighted by molar-refractivity contribution is 0.102. The number of nitrogen functional groups attached to an aromatic ring is 1. The fraction of sp³-hybridized carbons (Fsp3) is 0.462. The lowest BCUT2D eigenvalue weighted by atomic mass is 10.1. The first-order valence-electron chi connectivity index (χ1n) is 6.00. The molecule has 0 aliphatic heterocycles. The van der Waals surface area contributed by atoms with Crippen molar-refractivity contribution in [3.05, 3.63) is 16.8 Å². The fourth-order valence-electron chi connectivity index (χ4n) is 1.52. The standard InChI is InChI=1S/C13H17ClN4O2/c1-13(2,3)18(12(19)20)7-5-4-6-9-8-10(14)16-17-11(9)15/h8H,5,7H2,1-3H3,(H2,15,17)(H,19,20). The summed E-state index contributed by atoms with van der Waals surface area (Å²) in [6.45, 7) is 5.81. The highest BCUT2D eigenvalue weighted by Gasteiger charge is 2.24. The van der Waals surface area contributed by atoms with Crippen molar-refractivity contribution in [1.29, 1.82) is 0 Å². The quantitative estimate of drug-likeness (QED) is 0.816. The van der Waals surface area contributed by atoms with Gasteiger partial charge >= 0.3 is 6.09 Å². The van der Waals surface area contributed by atoms with Gasteiger partial charge in [0, 0.05) is 18.5 Å². The maximum absolute atomic E-state index is 11.1. The van der Waals surface area contributed by atoms with E-state index in [1.54, 1.807) is 0 Å². The molecule has 1 aromatic rings. The Morgan fingerprint density at radius 2 is 2.15 bits per heavy atom. The van der Waals surface area contributed by atoms with Gasteiger partial charge in [0.15, 0.2) is 11.0 Å². The van der Waals surface area contributed by atoms with Crippen molar-refractivity contribution in [2.24, 2.45) is 0 Å². The summed E-state index contributed by atoms with van der Waals surface area (Å²) in [5.74, 6) is 5.89. The van der Waals surface area contributed by atoms with Gasteiger partial charge < -0.3 is 15.7 Å². The van der Waals surface area contributed by atoms with Gasteiger partial charge in [-0.3, -0.25) is 0 Å². The smallest absolute Gasteiger partial charge is 0.407 e. The average molecular weight is 297 g/mol. The SMILES string of the molecule is CC(C)(C)N(CCC#Cc1cc(Cl)nnc1N)C(=O)O. The minimum atomic E-state index is -0.965. The average Bonchev–Trinajstić information content (AvgIpc) is 2.31. The molecule has 0 bridgehead atoms. The predicted octanol–water partition coefficient (Wildman–Crippen LogP) is 2.23. The first-order chi connectivity index (χ1) is 9.21. The molecule has 1 aromatic heterocycles. The third-order valence-corrected chi connectivity index (χ3v) is 2.70. The zero-order valence-corrected chi connectivity index (χ0v) is 12.4. The predicted molar refractivity (Wildman–Crippen MR) is 77.4 cm³/mol. The number of hydrogen-bond donors (Lipinski definition) is 2. The van der Waals surface area contributed by atoms with Crippen molar-refractivity contribution in [3.8, 4) is 11.8 Å². The number of carboxylic acid groups (broad SMARTS) is 1.